The molecule has 0 bridgehead atoms. The van der Waals surface area contributed by atoms with Gasteiger partial charge in [-0.3, -0.25) is 9.59 Å². The minimum atomic E-state index is -0.204. The van der Waals surface area contributed by atoms with E-state index in [4.69, 9.17) is 16.9 Å². The van der Waals surface area contributed by atoms with Crippen LogP contribution < -0.4 is 4.90 Å². The van der Waals surface area contributed by atoms with Crippen LogP contribution in [0.4, 0.5) is 5.69 Å². The first-order chi connectivity index (χ1) is 10.0. The normalized spacial score (nSPS) is 20.9. The molecule has 5 heteroatoms. The molecule has 1 aliphatic carbocycles. The van der Waals surface area contributed by atoms with E-state index in [1.165, 1.54) is 6.07 Å². The highest BCUT2D eigenvalue weighted by Crippen LogP contribution is 2.48. The molecule has 1 saturated carbocycles. The highest BCUT2D eigenvalue weighted by atomic mass is 35.5. The number of carbonyl (C=O) groups excluding carboxylic acids is 2. The lowest BCUT2D eigenvalue weighted by molar-refractivity contribution is -0.133. The van der Waals surface area contributed by atoms with Crippen molar-refractivity contribution in [1.29, 1.82) is 5.26 Å². The summed E-state index contributed by atoms with van der Waals surface area (Å²) in [5.74, 6) is -0.407. The van der Waals surface area contributed by atoms with E-state index in [0.717, 1.165) is 30.6 Å². The SMILES string of the molecule is N#Cc1ccc(Cl)c(N2C(=O)CC3(CCCC3)CC2=O)c1. The van der Waals surface area contributed by atoms with Crippen LogP contribution in [0.5, 0.6) is 0 Å². The van der Waals surface area contributed by atoms with Crippen LogP contribution in [0, 0.1) is 16.7 Å². The molecule has 1 saturated heterocycles. The van der Waals surface area contributed by atoms with Crippen molar-refractivity contribution in [3.05, 3.63) is 28.8 Å². The Balaban J connectivity index is 1.95. The summed E-state index contributed by atoms with van der Waals surface area (Å²) in [6.45, 7) is 0. The first kappa shape index (κ1) is 14.1. The summed E-state index contributed by atoms with van der Waals surface area (Å²) in [7, 11) is 0. The molecule has 1 aromatic rings. The van der Waals surface area contributed by atoms with E-state index >= 15 is 0 Å². The Labute approximate surface area is 128 Å². The third-order valence-electron chi connectivity index (χ3n) is 4.53. The van der Waals surface area contributed by atoms with E-state index in [1.807, 2.05) is 6.07 Å². The lowest BCUT2D eigenvalue weighted by atomic mass is 9.76. The number of halogens is 1. The van der Waals surface area contributed by atoms with E-state index in [-0.39, 0.29) is 17.2 Å². The van der Waals surface area contributed by atoms with Gasteiger partial charge in [-0.05, 0) is 36.5 Å². The van der Waals surface area contributed by atoms with Gasteiger partial charge in [0.25, 0.3) is 0 Å². The minimum absolute atomic E-state index is 0.135. The van der Waals surface area contributed by atoms with E-state index in [1.54, 1.807) is 12.1 Å². The molecule has 2 amide bonds. The number of rotatable bonds is 1. The molecule has 0 N–H and O–H groups in total. The lowest BCUT2D eigenvalue weighted by Gasteiger charge is -2.37. The second kappa shape index (κ2) is 5.16. The molecule has 0 atom stereocenters. The topological polar surface area (TPSA) is 61.2 Å². The van der Waals surface area contributed by atoms with Gasteiger partial charge in [-0.25, -0.2) is 4.90 Å². The fraction of sp³-hybridized carbons (Fsp3) is 0.438. The zero-order valence-corrected chi connectivity index (χ0v) is 12.3. The summed E-state index contributed by atoms with van der Waals surface area (Å²) in [5.41, 5.74) is 0.582. The van der Waals surface area contributed by atoms with Gasteiger partial charge in [0.05, 0.1) is 22.3 Å². The van der Waals surface area contributed by atoms with Crippen LogP contribution in [-0.4, -0.2) is 11.8 Å². The van der Waals surface area contributed by atoms with Crippen molar-refractivity contribution in [3.63, 3.8) is 0 Å². The van der Waals surface area contributed by atoms with Crippen molar-refractivity contribution < 1.29 is 9.59 Å². The third-order valence-corrected chi connectivity index (χ3v) is 4.85. The molecule has 1 aliphatic heterocycles. The molecular weight excluding hydrogens is 288 g/mol. The van der Waals surface area contributed by atoms with Crippen LogP contribution in [0.25, 0.3) is 0 Å². The van der Waals surface area contributed by atoms with E-state index in [9.17, 15) is 9.59 Å². The monoisotopic (exact) mass is 302 g/mol. The zero-order valence-electron chi connectivity index (χ0n) is 11.6. The molecule has 2 fully saturated rings. The lowest BCUT2D eigenvalue weighted by Crippen LogP contribution is -2.47. The summed E-state index contributed by atoms with van der Waals surface area (Å²) in [4.78, 5) is 26.1. The van der Waals surface area contributed by atoms with Crippen LogP contribution >= 0.6 is 11.6 Å². The number of amides is 2. The first-order valence-corrected chi connectivity index (χ1v) is 7.48. The summed E-state index contributed by atoms with van der Waals surface area (Å²) in [6.07, 6.45) is 4.86. The van der Waals surface area contributed by atoms with E-state index < -0.39 is 0 Å². The average Bonchev–Trinajstić information content (AvgIpc) is 2.87. The molecule has 1 spiro atoms. The maximum Gasteiger partial charge on any atom is 0.234 e. The Morgan fingerprint density at radius 2 is 1.76 bits per heavy atom. The first-order valence-electron chi connectivity index (χ1n) is 7.10. The second-order valence-corrected chi connectivity index (χ2v) is 6.37. The van der Waals surface area contributed by atoms with Gasteiger partial charge in [0, 0.05) is 12.8 Å². The van der Waals surface area contributed by atoms with Gasteiger partial charge in [0.1, 0.15) is 0 Å². The summed E-state index contributed by atoms with van der Waals surface area (Å²) in [5, 5.41) is 9.29. The molecule has 0 unspecified atom stereocenters. The Morgan fingerprint density at radius 3 is 2.33 bits per heavy atom. The molecule has 3 rings (SSSR count). The van der Waals surface area contributed by atoms with E-state index in [2.05, 4.69) is 0 Å². The number of carbonyl (C=O) groups is 2. The Morgan fingerprint density at radius 1 is 1.14 bits per heavy atom. The predicted molar refractivity (Wildman–Crippen MR) is 78.8 cm³/mol. The van der Waals surface area contributed by atoms with Crippen molar-refractivity contribution in [2.75, 3.05) is 4.90 Å². The van der Waals surface area contributed by atoms with Crippen LogP contribution in [0.1, 0.15) is 44.1 Å². The van der Waals surface area contributed by atoms with Gasteiger partial charge in [0.15, 0.2) is 0 Å². The molecule has 1 heterocycles. The van der Waals surface area contributed by atoms with Crippen molar-refractivity contribution >= 4 is 29.1 Å². The number of hydrogen-bond acceptors (Lipinski definition) is 3. The average molecular weight is 303 g/mol. The summed E-state index contributed by atoms with van der Waals surface area (Å²) < 4.78 is 0. The third kappa shape index (κ3) is 2.43. The van der Waals surface area contributed by atoms with Crippen molar-refractivity contribution in [1.82, 2.24) is 0 Å². The Kier molecular flexibility index (Phi) is 3.46. The minimum Gasteiger partial charge on any atom is -0.274 e. The maximum atomic E-state index is 12.5. The maximum absolute atomic E-state index is 12.5. The number of benzene rings is 1. The van der Waals surface area contributed by atoms with Gasteiger partial charge >= 0.3 is 0 Å². The van der Waals surface area contributed by atoms with Gasteiger partial charge in [-0.15, -0.1) is 0 Å². The number of nitrogens with zero attached hydrogens (tertiary/aromatic N) is 2. The smallest absolute Gasteiger partial charge is 0.234 e. The van der Waals surface area contributed by atoms with Gasteiger partial charge in [0.2, 0.25) is 11.8 Å². The highest BCUT2D eigenvalue weighted by Gasteiger charge is 2.45. The largest absolute Gasteiger partial charge is 0.274 e. The molecule has 108 valence electrons. The van der Waals surface area contributed by atoms with Gasteiger partial charge in [-0.1, -0.05) is 24.4 Å². The Hall–Kier alpha value is -1.86. The summed E-state index contributed by atoms with van der Waals surface area (Å²) in [6, 6.07) is 6.63. The fourth-order valence-electron chi connectivity index (χ4n) is 3.50. The highest BCUT2D eigenvalue weighted by molar-refractivity contribution is 6.35. The number of nitriles is 1. The molecule has 0 radical (unpaired) electrons. The van der Waals surface area contributed by atoms with Gasteiger partial charge in [-0.2, -0.15) is 5.26 Å². The quantitative estimate of drug-likeness (QED) is 0.747. The molecule has 1 aromatic carbocycles. The number of anilines is 1. The molecule has 21 heavy (non-hydrogen) atoms. The Bertz CT molecular complexity index is 637. The van der Waals surface area contributed by atoms with Crippen LogP contribution in [0.2, 0.25) is 5.02 Å². The predicted octanol–water partition coefficient (Wildman–Crippen LogP) is 3.43. The van der Waals surface area contributed by atoms with Crippen molar-refractivity contribution in [3.8, 4) is 6.07 Å². The second-order valence-electron chi connectivity index (χ2n) is 5.96. The fourth-order valence-corrected chi connectivity index (χ4v) is 3.70. The number of hydrogen-bond donors (Lipinski definition) is 0. The zero-order chi connectivity index (χ0) is 15.0. The standard InChI is InChI=1S/C16H15ClN2O2/c17-12-4-3-11(10-18)7-13(12)19-14(20)8-16(9-15(19)21)5-1-2-6-16/h3-4,7H,1-2,5-6,8-9H2. The van der Waals surface area contributed by atoms with Crippen LogP contribution in [0.15, 0.2) is 18.2 Å². The molecule has 0 aromatic heterocycles. The molecule has 2 aliphatic rings. The molecular formula is C16H15ClN2O2. The van der Waals surface area contributed by atoms with Crippen molar-refractivity contribution in [2.24, 2.45) is 5.41 Å². The number of imide groups is 1. The van der Waals surface area contributed by atoms with Crippen molar-refractivity contribution in [2.45, 2.75) is 38.5 Å². The van der Waals surface area contributed by atoms with E-state index in [0.29, 0.717) is 29.1 Å². The number of piperidine rings is 1. The van der Waals surface area contributed by atoms with Crippen LogP contribution in [-0.2, 0) is 9.59 Å². The molecule has 4 nitrogen and oxygen atoms in total. The van der Waals surface area contributed by atoms with Crippen LogP contribution in [0.3, 0.4) is 0 Å². The van der Waals surface area contributed by atoms with Gasteiger partial charge < -0.3 is 0 Å². The summed E-state index contributed by atoms with van der Waals surface area (Å²) >= 11 is 6.11.